The van der Waals surface area contributed by atoms with Crippen molar-refractivity contribution in [2.24, 2.45) is 5.73 Å². The van der Waals surface area contributed by atoms with Gasteiger partial charge in [-0.25, -0.2) is 0 Å². The fourth-order valence-corrected chi connectivity index (χ4v) is 3.82. The van der Waals surface area contributed by atoms with Crippen LogP contribution in [0.4, 0.5) is 5.69 Å². The minimum absolute atomic E-state index is 0.0664. The molecule has 0 spiro atoms. The van der Waals surface area contributed by atoms with Gasteiger partial charge >= 0.3 is 0 Å². The first kappa shape index (κ1) is 16.5. The molecule has 1 saturated heterocycles. The molecule has 0 saturated carbocycles. The fourth-order valence-electron chi connectivity index (χ4n) is 2.70. The number of nitrogens with zero attached hydrogens (tertiary/aromatic N) is 1. The molecule has 4 nitrogen and oxygen atoms in total. The summed E-state index contributed by atoms with van der Waals surface area (Å²) in [5.41, 5.74) is 8.01. The number of hydrogen-bond acceptors (Lipinski definition) is 5. The number of anilines is 1. The smallest absolute Gasteiger partial charge is 0.107 e. The molecule has 1 aliphatic rings. The average Bonchev–Trinajstić information content (AvgIpc) is 2.90. The minimum atomic E-state index is 0.0664. The normalized spacial score (nSPS) is 21.8. The summed E-state index contributed by atoms with van der Waals surface area (Å²) in [5, 5.41) is 0. The van der Waals surface area contributed by atoms with E-state index in [-0.39, 0.29) is 12.2 Å². The van der Waals surface area contributed by atoms with Gasteiger partial charge in [-0.3, -0.25) is 0 Å². The van der Waals surface area contributed by atoms with Crippen molar-refractivity contribution in [1.29, 1.82) is 0 Å². The second kappa shape index (κ2) is 7.45. The summed E-state index contributed by atoms with van der Waals surface area (Å²) < 4.78 is 11.0. The summed E-state index contributed by atoms with van der Waals surface area (Å²) in [6.07, 6.45) is 0.133. The monoisotopic (exact) mass is 326 g/mol. The number of thiocarbonyl (C=S) groups is 1. The van der Waals surface area contributed by atoms with Crippen molar-refractivity contribution in [1.82, 2.24) is 0 Å². The van der Waals surface area contributed by atoms with E-state index in [1.165, 1.54) is 0 Å². The van der Waals surface area contributed by atoms with Gasteiger partial charge in [0.15, 0.2) is 0 Å². The number of hydrogen-bond donors (Lipinski definition) is 1. The zero-order chi connectivity index (χ0) is 15.4. The summed E-state index contributed by atoms with van der Waals surface area (Å²) >= 11 is 7.04. The van der Waals surface area contributed by atoms with Gasteiger partial charge in [-0.1, -0.05) is 25.2 Å². The van der Waals surface area contributed by atoms with Gasteiger partial charge in [-0.05, 0) is 17.9 Å². The molecule has 2 N–H and O–H groups in total. The average molecular weight is 326 g/mol. The van der Waals surface area contributed by atoms with E-state index in [2.05, 4.69) is 30.0 Å². The first-order chi connectivity index (χ1) is 10.1. The summed E-state index contributed by atoms with van der Waals surface area (Å²) in [6, 6.07) is 6.19. The maximum absolute atomic E-state index is 5.98. The molecule has 2 unspecified atom stereocenters. The zero-order valence-corrected chi connectivity index (χ0v) is 14.3. The van der Waals surface area contributed by atoms with Crippen molar-refractivity contribution >= 4 is 34.7 Å². The fraction of sp³-hybridized carbons (Fsp3) is 0.533. The molecule has 1 aliphatic heterocycles. The van der Waals surface area contributed by atoms with Gasteiger partial charge < -0.3 is 20.1 Å². The number of ether oxygens (including phenoxy) is 2. The molecule has 2 rings (SSSR count). The molecular weight excluding hydrogens is 304 g/mol. The Morgan fingerprint density at radius 3 is 2.43 bits per heavy atom. The highest BCUT2D eigenvalue weighted by molar-refractivity contribution is 7.99. The number of rotatable bonds is 6. The molecule has 21 heavy (non-hydrogen) atoms. The molecule has 116 valence electrons. The molecule has 2 atom stereocenters. The molecule has 6 heteroatoms. The van der Waals surface area contributed by atoms with Gasteiger partial charge in [0.1, 0.15) is 17.2 Å². The Morgan fingerprint density at radius 1 is 1.33 bits per heavy atom. The van der Waals surface area contributed by atoms with Gasteiger partial charge in [0.05, 0.1) is 0 Å². The zero-order valence-electron chi connectivity index (χ0n) is 12.7. The maximum atomic E-state index is 5.98. The van der Waals surface area contributed by atoms with Crippen LogP contribution in [0.5, 0.6) is 0 Å². The van der Waals surface area contributed by atoms with Gasteiger partial charge in [0.2, 0.25) is 0 Å². The van der Waals surface area contributed by atoms with Gasteiger partial charge in [0, 0.05) is 43.5 Å². The lowest BCUT2D eigenvalue weighted by Crippen LogP contribution is -2.27. The van der Waals surface area contributed by atoms with E-state index in [1.54, 1.807) is 26.0 Å². The first-order valence-electron chi connectivity index (χ1n) is 6.98. The van der Waals surface area contributed by atoms with Crippen molar-refractivity contribution in [3.8, 4) is 0 Å². The van der Waals surface area contributed by atoms with E-state index >= 15 is 0 Å². The van der Waals surface area contributed by atoms with Crippen LogP contribution in [0, 0.1) is 0 Å². The standard InChI is InChI=1S/C15H22N2O2S2/c1-4-21-13-7-5-6-10(14(13)15(16)20)17-8-11(18-2)12(9-17)19-3/h5-7,11-12H,4,8-9H2,1-3H3,(H2,16,20). The molecule has 1 heterocycles. The van der Waals surface area contributed by atoms with Crippen LogP contribution in [0.3, 0.4) is 0 Å². The summed E-state index contributed by atoms with van der Waals surface area (Å²) in [5.74, 6) is 0.987. The van der Waals surface area contributed by atoms with E-state index in [0.717, 1.165) is 35.0 Å². The molecule has 1 aromatic carbocycles. The second-order valence-corrected chi connectivity index (χ2v) is 6.65. The third kappa shape index (κ3) is 3.51. The number of thioether (sulfide) groups is 1. The molecule has 0 aromatic heterocycles. The van der Waals surface area contributed by atoms with Crippen molar-refractivity contribution in [3.05, 3.63) is 23.8 Å². The van der Waals surface area contributed by atoms with E-state index in [4.69, 9.17) is 27.4 Å². The van der Waals surface area contributed by atoms with Gasteiger partial charge in [0.25, 0.3) is 0 Å². The van der Waals surface area contributed by atoms with Crippen molar-refractivity contribution < 1.29 is 9.47 Å². The number of nitrogens with two attached hydrogens (primary N) is 1. The summed E-state index contributed by atoms with van der Waals surface area (Å²) in [7, 11) is 3.44. The lowest BCUT2D eigenvalue weighted by atomic mass is 10.1. The van der Waals surface area contributed by atoms with Crippen molar-refractivity contribution in [2.75, 3.05) is 38.0 Å². The van der Waals surface area contributed by atoms with Crippen LogP contribution in [0.25, 0.3) is 0 Å². The van der Waals surface area contributed by atoms with Gasteiger partial charge in [-0.2, -0.15) is 0 Å². The molecule has 0 bridgehead atoms. The lowest BCUT2D eigenvalue weighted by Gasteiger charge is -2.23. The molecular formula is C15H22N2O2S2. The van der Waals surface area contributed by atoms with E-state index in [1.807, 2.05) is 0 Å². The van der Waals surface area contributed by atoms with E-state index in [0.29, 0.717) is 4.99 Å². The van der Waals surface area contributed by atoms with Crippen LogP contribution < -0.4 is 10.6 Å². The second-order valence-electron chi connectivity index (χ2n) is 4.90. The van der Waals surface area contributed by atoms with Crippen LogP contribution >= 0.6 is 24.0 Å². The largest absolute Gasteiger partial charge is 0.389 e. The molecule has 0 aliphatic carbocycles. The maximum Gasteiger partial charge on any atom is 0.107 e. The van der Waals surface area contributed by atoms with Crippen molar-refractivity contribution in [2.45, 2.75) is 24.0 Å². The third-order valence-corrected chi connectivity index (χ3v) is 4.86. The van der Waals surface area contributed by atoms with Crippen LogP contribution in [-0.2, 0) is 9.47 Å². The van der Waals surface area contributed by atoms with Crippen LogP contribution in [0.15, 0.2) is 23.1 Å². The Kier molecular flexibility index (Phi) is 5.87. The van der Waals surface area contributed by atoms with Gasteiger partial charge in [-0.15, -0.1) is 11.8 Å². The van der Waals surface area contributed by atoms with E-state index < -0.39 is 0 Å². The highest BCUT2D eigenvalue weighted by Gasteiger charge is 2.34. The van der Waals surface area contributed by atoms with Crippen LogP contribution in [0.1, 0.15) is 12.5 Å². The molecule has 0 amide bonds. The van der Waals surface area contributed by atoms with E-state index in [9.17, 15) is 0 Å². The lowest BCUT2D eigenvalue weighted by molar-refractivity contribution is -0.00461. The molecule has 1 fully saturated rings. The SMILES string of the molecule is CCSc1cccc(N2CC(OC)C(OC)C2)c1C(N)=S. The summed E-state index contributed by atoms with van der Waals surface area (Å²) in [6.45, 7) is 3.69. The number of methoxy groups -OCH3 is 2. The Bertz CT molecular complexity index is 498. The minimum Gasteiger partial charge on any atom is -0.389 e. The highest BCUT2D eigenvalue weighted by Crippen LogP contribution is 2.33. The first-order valence-corrected chi connectivity index (χ1v) is 8.37. The topological polar surface area (TPSA) is 47.7 Å². The molecule has 0 radical (unpaired) electrons. The Hall–Kier alpha value is -0.820. The predicted molar refractivity (Wildman–Crippen MR) is 92.5 cm³/mol. The summed E-state index contributed by atoms with van der Waals surface area (Å²) in [4.78, 5) is 3.82. The number of benzene rings is 1. The highest BCUT2D eigenvalue weighted by atomic mass is 32.2. The Morgan fingerprint density at radius 2 is 1.95 bits per heavy atom. The van der Waals surface area contributed by atoms with Crippen LogP contribution in [0.2, 0.25) is 0 Å². The van der Waals surface area contributed by atoms with Crippen LogP contribution in [-0.4, -0.2) is 50.3 Å². The molecule has 1 aromatic rings. The third-order valence-electron chi connectivity index (χ3n) is 3.71. The predicted octanol–water partition coefficient (Wildman–Crippen LogP) is 2.28. The Labute approximate surface area is 136 Å². The quantitative estimate of drug-likeness (QED) is 0.639. The Balaban J connectivity index is 2.36. The van der Waals surface area contributed by atoms with Crippen molar-refractivity contribution in [3.63, 3.8) is 0 Å².